The van der Waals surface area contributed by atoms with Gasteiger partial charge in [-0.1, -0.05) is 58.2 Å². The smallest absolute Gasteiger partial charge is 0.269 e. The highest BCUT2D eigenvalue weighted by Crippen LogP contribution is 2.36. The van der Waals surface area contributed by atoms with Crippen LogP contribution in [0.15, 0.2) is 95.2 Å². The van der Waals surface area contributed by atoms with E-state index in [9.17, 15) is 8.42 Å². The molecule has 0 aliphatic rings. The molecule has 0 amide bonds. The minimum Gasteiger partial charge on any atom is -0.472 e. The van der Waals surface area contributed by atoms with Crippen LogP contribution < -0.4 is 0 Å². The van der Waals surface area contributed by atoms with Gasteiger partial charge < -0.3 is 8.65 Å². The molecule has 6 nitrogen and oxygen atoms in total. The highest BCUT2D eigenvalue weighted by molar-refractivity contribution is 7.90. The van der Waals surface area contributed by atoms with Gasteiger partial charge in [-0.15, -0.1) is 0 Å². The van der Waals surface area contributed by atoms with E-state index < -0.39 is 18.3 Å². The third-order valence-corrected chi connectivity index (χ3v) is 14.8. The maximum atomic E-state index is 13.6. The zero-order valence-corrected chi connectivity index (χ0v) is 24.1. The van der Waals surface area contributed by atoms with Crippen LogP contribution in [0.1, 0.15) is 40.0 Å². The minimum atomic E-state index is -3.82. The number of hydrogen-bond donors (Lipinski definition) is 0. The summed E-state index contributed by atoms with van der Waals surface area (Å²) >= 11 is 0. The Morgan fingerprint density at radius 1 is 0.868 bits per heavy atom. The van der Waals surface area contributed by atoms with Crippen LogP contribution in [-0.2, 0) is 10.0 Å². The maximum absolute atomic E-state index is 13.6. The normalized spacial score (nSPS) is 12.4. The van der Waals surface area contributed by atoms with Crippen LogP contribution >= 0.6 is 0 Å². The first kappa shape index (κ1) is 26.3. The third-order valence-electron chi connectivity index (χ3n) is 7.46. The van der Waals surface area contributed by atoms with E-state index >= 15 is 0 Å². The predicted octanol–water partition coefficient (Wildman–Crippen LogP) is 8.03. The van der Waals surface area contributed by atoms with Crippen LogP contribution in [0.4, 0.5) is 0 Å². The Hall–Kier alpha value is -3.36. The fraction of sp³-hybridized carbons (Fsp3) is 0.300. The second-order valence-electron chi connectivity index (χ2n) is 10.0. The molecule has 198 valence electrons. The summed E-state index contributed by atoms with van der Waals surface area (Å²) in [4.78, 5) is 4.94. The molecule has 0 bridgehead atoms. The second kappa shape index (κ2) is 10.8. The monoisotopic (exact) mass is 545 g/mol. The molecule has 0 N–H and O–H groups in total. The van der Waals surface area contributed by atoms with Gasteiger partial charge in [0.05, 0.1) is 17.4 Å². The Morgan fingerprint density at radius 3 is 2.21 bits per heavy atom. The minimum absolute atomic E-state index is 0.225. The van der Waals surface area contributed by atoms with Gasteiger partial charge in [0.1, 0.15) is 0 Å². The predicted molar refractivity (Wildman–Crippen MR) is 156 cm³/mol. The Kier molecular flexibility index (Phi) is 7.45. The average molecular weight is 546 g/mol. The number of nitrogens with zero attached hydrogens (tertiary/aromatic N) is 3. The van der Waals surface area contributed by atoms with Gasteiger partial charge in [-0.05, 0) is 54.7 Å². The van der Waals surface area contributed by atoms with Gasteiger partial charge in [0.15, 0.2) is 13.9 Å². The molecule has 0 atom stereocenters. The highest BCUT2D eigenvalue weighted by Gasteiger charge is 2.32. The van der Waals surface area contributed by atoms with Crippen LogP contribution in [0, 0.1) is 0 Å². The number of hydrogen-bond acceptors (Lipinski definition) is 4. The summed E-state index contributed by atoms with van der Waals surface area (Å²) in [6.45, 7) is 6.88. The van der Waals surface area contributed by atoms with E-state index in [1.807, 2.05) is 6.07 Å². The molecule has 0 saturated heterocycles. The summed E-state index contributed by atoms with van der Waals surface area (Å²) in [5.74, 6) is 0. The van der Waals surface area contributed by atoms with E-state index in [4.69, 9.17) is 9.40 Å². The highest BCUT2D eigenvalue weighted by atomic mass is 32.2. The van der Waals surface area contributed by atoms with E-state index in [1.165, 1.54) is 41.4 Å². The summed E-state index contributed by atoms with van der Waals surface area (Å²) < 4.78 is 36.3. The summed E-state index contributed by atoms with van der Waals surface area (Å²) in [5.41, 5.74) is 4.07. The van der Waals surface area contributed by atoms with Gasteiger partial charge in [-0.3, -0.25) is 0 Å². The Labute approximate surface area is 226 Å². The molecule has 0 aliphatic heterocycles. The van der Waals surface area contributed by atoms with Gasteiger partial charge in [-0.25, -0.2) is 17.4 Å². The standard InChI is InChI=1S/C30H35N3O3SSi/c1-4-16-38(17-5-2,18-6-3)32-14-12-24(21-32)26-19-28-29(25-13-15-36-23-25)22-33(30(28)31-20-26)37(34,35)27-10-8-7-9-11-27/h7-15,19-23H,4-6,16-18H2,1-3H3. The van der Waals surface area contributed by atoms with Gasteiger partial charge in [0, 0.05) is 46.2 Å². The summed E-state index contributed by atoms with van der Waals surface area (Å²) in [6, 6.07) is 18.4. The molecule has 4 aromatic heterocycles. The Bertz CT molecular complexity index is 1600. The topological polar surface area (TPSA) is 70.0 Å². The number of aromatic nitrogens is 3. The molecular weight excluding hydrogens is 511 g/mol. The molecule has 5 rings (SSSR count). The number of rotatable bonds is 11. The molecule has 1 aromatic carbocycles. The molecule has 0 unspecified atom stereocenters. The van der Waals surface area contributed by atoms with E-state index in [2.05, 4.69) is 49.5 Å². The fourth-order valence-electron chi connectivity index (χ4n) is 5.79. The average Bonchev–Trinajstić information content (AvgIpc) is 3.69. The first-order valence-electron chi connectivity index (χ1n) is 13.5. The van der Waals surface area contributed by atoms with E-state index in [0.717, 1.165) is 27.6 Å². The molecule has 38 heavy (non-hydrogen) atoms. The first-order valence-corrected chi connectivity index (χ1v) is 17.5. The van der Waals surface area contributed by atoms with Crippen molar-refractivity contribution in [1.29, 1.82) is 0 Å². The molecule has 0 spiro atoms. The van der Waals surface area contributed by atoms with Crippen LogP contribution in [0.5, 0.6) is 0 Å². The molecule has 5 aromatic rings. The molecule has 0 aliphatic carbocycles. The summed E-state index contributed by atoms with van der Waals surface area (Å²) in [5, 5.41) is 0.773. The zero-order chi connectivity index (χ0) is 26.8. The number of furan rings is 1. The van der Waals surface area contributed by atoms with Crippen molar-refractivity contribution in [3.8, 4) is 22.3 Å². The fourth-order valence-corrected chi connectivity index (χ4v) is 12.3. The van der Waals surface area contributed by atoms with Crippen molar-refractivity contribution in [2.24, 2.45) is 0 Å². The van der Waals surface area contributed by atoms with E-state index in [1.54, 1.807) is 55.3 Å². The summed E-state index contributed by atoms with van der Waals surface area (Å²) in [7, 11) is -5.47. The van der Waals surface area contributed by atoms with Crippen LogP contribution in [0.3, 0.4) is 0 Å². The Morgan fingerprint density at radius 2 is 1.58 bits per heavy atom. The first-order chi connectivity index (χ1) is 18.4. The largest absolute Gasteiger partial charge is 0.472 e. The molecular formula is C30H35N3O3SSi. The van der Waals surface area contributed by atoms with Crippen molar-refractivity contribution >= 4 is 29.3 Å². The van der Waals surface area contributed by atoms with E-state index in [-0.39, 0.29) is 4.90 Å². The van der Waals surface area contributed by atoms with Crippen molar-refractivity contribution in [2.45, 2.75) is 63.1 Å². The molecule has 0 fully saturated rings. The molecule has 0 saturated carbocycles. The number of pyridine rings is 1. The van der Waals surface area contributed by atoms with Crippen LogP contribution in [-0.4, -0.2) is 29.8 Å². The van der Waals surface area contributed by atoms with Crippen molar-refractivity contribution in [3.63, 3.8) is 0 Å². The van der Waals surface area contributed by atoms with Crippen molar-refractivity contribution in [2.75, 3.05) is 0 Å². The lowest BCUT2D eigenvalue weighted by molar-refractivity contribution is 0.568. The second-order valence-corrected chi connectivity index (χ2v) is 16.3. The van der Waals surface area contributed by atoms with E-state index in [0.29, 0.717) is 5.65 Å². The molecule has 4 heterocycles. The third kappa shape index (κ3) is 4.67. The van der Waals surface area contributed by atoms with Gasteiger partial charge in [0.25, 0.3) is 10.0 Å². The van der Waals surface area contributed by atoms with Gasteiger partial charge in [0.2, 0.25) is 0 Å². The van der Waals surface area contributed by atoms with Crippen LogP contribution in [0.25, 0.3) is 33.3 Å². The van der Waals surface area contributed by atoms with Gasteiger partial charge in [-0.2, -0.15) is 0 Å². The van der Waals surface area contributed by atoms with Crippen molar-refractivity contribution < 1.29 is 12.8 Å². The number of fused-ring (bicyclic) bond motifs is 1. The molecule has 0 radical (unpaired) electrons. The van der Waals surface area contributed by atoms with Crippen molar-refractivity contribution in [1.82, 2.24) is 13.2 Å². The van der Waals surface area contributed by atoms with Crippen LogP contribution in [0.2, 0.25) is 18.1 Å². The zero-order valence-electron chi connectivity index (χ0n) is 22.3. The number of benzene rings is 1. The lowest BCUT2D eigenvalue weighted by atomic mass is 10.1. The summed E-state index contributed by atoms with van der Waals surface area (Å²) in [6.07, 6.45) is 14.8. The SMILES string of the molecule is CCC[Si](CCC)(CCC)n1ccc(-c2cnc3c(c2)c(-c2ccoc2)cn3S(=O)(=O)c2ccccc2)c1. The van der Waals surface area contributed by atoms with Gasteiger partial charge >= 0.3 is 0 Å². The maximum Gasteiger partial charge on any atom is 0.269 e. The quantitative estimate of drug-likeness (QED) is 0.158. The lowest BCUT2D eigenvalue weighted by Gasteiger charge is -2.33. The Balaban J connectivity index is 1.64. The molecule has 8 heteroatoms. The lowest BCUT2D eigenvalue weighted by Crippen LogP contribution is -2.42. The van der Waals surface area contributed by atoms with Crippen molar-refractivity contribution in [3.05, 3.63) is 85.8 Å².